The van der Waals surface area contributed by atoms with Crippen molar-refractivity contribution < 1.29 is 0 Å². The number of likely N-dealkylation sites (tertiary alicyclic amines) is 1. The average molecular weight is 286 g/mol. The van der Waals surface area contributed by atoms with Gasteiger partial charge in [-0.1, -0.05) is 18.5 Å². The zero-order chi connectivity index (χ0) is 13.0. The largest absolute Gasteiger partial charge is 0.370 e. The van der Waals surface area contributed by atoms with Crippen LogP contribution in [0.2, 0.25) is 4.34 Å². The van der Waals surface area contributed by atoms with Gasteiger partial charge in [-0.25, -0.2) is 0 Å². The third-order valence-corrected chi connectivity index (χ3v) is 4.53. The SMILES string of the molecule is CC1CCCN(C(N)=NCCc2ccc(Cl)s2)C1. The Bertz CT molecular complexity index is 416. The van der Waals surface area contributed by atoms with Crippen molar-refractivity contribution in [2.24, 2.45) is 16.6 Å². The molecular weight excluding hydrogens is 266 g/mol. The quantitative estimate of drug-likeness (QED) is 0.685. The van der Waals surface area contributed by atoms with Crippen LogP contribution in [0.3, 0.4) is 0 Å². The molecular formula is C13H20ClN3S. The minimum absolute atomic E-state index is 0.698. The summed E-state index contributed by atoms with van der Waals surface area (Å²) in [5.74, 6) is 1.42. The van der Waals surface area contributed by atoms with Crippen molar-refractivity contribution in [1.29, 1.82) is 0 Å². The fraction of sp³-hybridized carbons (Fsp3) is 0.615. The molecule has 1 unspecified atom stereocenters. The Hall–Kier alpha value is -0.740. The highest BCUT2D eigenvalue weighted by atomic mass is 35.5. The van der Waals surface area contributed by atoms with Gasteiger partial charge in [-0.2, -0.15) is 0 Å². The van der Waals surface area contributed by atoms with Crippen LogP contribution in [-0.4, -0.2) is 30.5 Å². The summed E-state index contributed by atoms with van der Waals surface area (Å²) in [5, 5.41) is 0. The van der Waals surface area contributed by atoms with Gasteiger partial charge in [0.25, 0.3) is 0 Å². The summed E-state index contributed by atoms with van der Waals surface area (Å²) in [7, 11) is 0. The van der Waals surface area contributed by atoms with Gasteiger partial charge in [0.1, 0.15) is 0 Å². The minimum atomic E-state index is 0.698. The third-order valence-electron chi connectivity index (χ3n) is 3.24. The molecule has 0 radical (unpaired) electrons. The molecule has 18 heavy (non-hydrogen) atoms. The molecule has 1 atom stereocenters. The number of nitrogens with two attached hydrogens (primary N) is 1. The van der Waals surface area contributed by atoms with Crippen molar-refractivity contribution >= 4 is 28.9 Å². The van der Waals surface area contributed by atoms with E-state index in [1.807, 2.05) is 6.07 Å². The predicted octanol–water partition coefficient (Wildman–Crippen LogP) is 2.99. The molecule has 2 rings (SSSR count). The van der Waals surface area contributed by atoms with Gasteiger partial charge in [-0.05, 0) is 30.9 Å². The standard InChI is InChI=1S/C13H20ClN3S/c1-10-3-2-8-17(9-10)13(15)16-7-6-11-4-5-12(14)18-11/h4-5,10H,2-3,6-9H2,1H3,(H2,15,16). The summed E-state index contributed by atoms with van der Waals surface area (Å²) in [6.07, 6.45) is 3.44. The van der Waals surface area contributed by atoms with Crippen molar-refractivity contribution in [3.05, 3.63) is 21.3 Å². The van der Waals surface area contributed by atoms with Crippen LogP contribution in [0.25, 0.3) is 0 Å². The van der Waals surface area contributed by atoms with Gasteiger partial charge in [0.15, 0.2) is 5.96 Å². The highest BCUT2D eigenvalue weighted by Crippen LogP contribution is 2.21. The average Bonchev–Trinajstić information content (AvgIpc) is 2.75. The van der Waals surface area contributed by atoms with Crippen molar-refractivity contribution in [3.8, 4) is 0 Å². The molecule has 1 saturated heterocycles. The number of hydrogen-bond donors (Lipinski definition) is 1. The molecule has 2 heterocycles. The summed E-state index contributed by atoms with van der Waals surface area (Å²) in [5.41, 5.74) is 6.03. The maximum absolute atomic E-state index is 6.03. The summed E-state index contributed by atoms with van der Waals surface area (Å²) >= 11 is 7.51. The first-order chi connectivity index (χ1) is 8.65. The fourth-order valence-corrected chi connectivity index (χ4v) is 3.34. The Morgan fingerprint density at radius 2 is 2.44 bits per heavy atom. The van der Waals surface area contributed by atoms with Crippen LogP contribution in [-0.2, 0) is 6.42 Å². The molecule has 0 bridgehead atoms. The molecule has 3 nitrogen and oxygen atoms in total. The van der Waals surface area contributed by atoms with E-state index in [-0.39, 0.29) is 0 Å². The van der Waals surface area contributed by atoms with Gasteiger partial charge in [-0.15, -0.1) is 11.3 Å². The summed E-state index contributed by atoms with van der Waals surface area (Å²) in [6, 6.07) is 3.99. The maximum atomic E-state index is 6.03. The van der Waals surface area contributed by atoms with E-state index in [9.17, 15) is 0 Å². The monoisotopic (exact) mass is 285 g/mol. The smallest absolute Gasteiger partial charge is 0.191 e. The van der Waals surface area contributed by atoms with Gasteiger partial charge in [0.05, 0.1) is 4.34 Å². The molecule has 0 amide bonds. The molecule has 1 fully saturated rings. The second-order valence-corrected chi connectivity index (χ2v) is 6.69. The summed E-state index contributed by atoms with van der Waals surface area (Å²) < 4.78 is 0.840. The molecule has 0 saturated carbocycles. The lowest BCUT2D eigenvalue weighted by molar-refractivity contribution is 0.270. The van der Waals surface area contributed by atoms with Gasteiger partial charge < -0.3 is 10.6 Å². The van der Waals surface area contributed by atoms with Gasteiger partial charge in [-0.3, -0.25) is 4.99 Å². The van der Waals surface area contributed by atoms with Crippen molar-refractivity contribution in [2.45, 2.75) is 26.2 Å². The van der Waals surface area contributed by atoms with Crippen LogP contribution in [0.1, 0.15) is 24.6 Å². The number of rotatable bonds is 3. The van der Waals surface area contributed by atoms with E-state index < -0.39 is 0 Å². The van der Waals surface area contributed by atoms with E-state index in [1.54, 1.807) is 11.3 Å². The Morgan fingerprint density at radius 3 is 3.11 bits per heavy atom. The lowest BCUT2D eigenvalue weighted by atomic mass is 10.0. The van der Waals surface area contributed by atoms with Crippen LogP contribution >= 0.6 is 22.9 Å². The zero-order valence-corrected chi connectivity index (χ0v) is 12.3. The number of piperidine rings is 1. The molecule has 100 valence electrons. The van der Waals surface area contributed by atoms with Gasteiger partial charge >= 0.3 is 0 Å². The second kappa shape index (κ2) is 6.43. The van der Waals surface area contributed by atoms with Gasteiger partial charge in [0.2, 0.25) is 0 Å². The van der Waals surface area contributed by atoms with Gasteiger partial charge in [0, 0.05) is 30.9 Å². The minimum Gasteiger partial charge on any atom is -0.370 e. The molecule has 0 spiro atoms. The lowest BCUT2D eigenvalue weighted by Gasteiger charge is -2.31. The number of halogens is 1. The first-order valence-electron chi connectivity index (χ1n) is 6.44. The first kappa shape index (κ1) is 13.7. The van der Waals surface area contributed by atoms with Crippen LogP contribution < -0.4 is 5.73 Å². The molecule has 2 N–H and O–H groups in total. The highest BCUT2D eigenvalue weighted by molar-refractivity contribution is 7.16. The van der Waals surface area contributed by atoms with Crippen LogP contribution in [0.5, 0.6) is 0 Å². The molecule has 0 aromatic carbocycles. The second-order valence-electron chi connectivity index (χ2n) is 4.89. The van der Waals surface area contributed by atoms with Crippen molar-refractivity contribution in [1.82, 2.24) is 4.90 Å². The lowest BCUT2D eigenvalue weighted by Crippen LogP contribution is -2.43. The fourth-order valence-electron chi connectivity index (χ4n) is 2.26. The van der Waals surface area contributed by atoms with Crippen LogP contribution in [0, 0.1) is 5.92 Å². The van der Waals surface area contributed by atoms with Crippen LogP contribution in [0.15, 0.2) is 17.1 Å². The number of nitrogens with zero attached hydrogens (tertiary/aromatic N) is 2. The van der Waals surface area contributed by atoms with E-state index >= 15 is 0 Å². The number of thiophene rings is 1. The zero-order valence-electron chi connectivity index (χ0n) is 10.7. The van der Waals surface area contributed by atoms with Crippen molar-refractivity contribution in [2.75, 3.05) is 19.6 Å². The molecule has 1 aromatic rings. The molecule has 1 aliphatic rings. The third kappa shape index (κ3) is 3.89. The number of guanidine groups is 1. The maximum Gasteiger partial charge on any atom is 0.191 e. The topological polar surface area (TPSA) is 41.6 Å². The van der Waals surface area contributed by atoms with E-state index in [4.69, 9.17) is 17.3 Å². The predicted molar refractivity (Wildman–Crippen MR) is 79.5 cm³/mol. The van der Waals surface area contributed by atoms with E-state index in [1.165, 1.54) is 17.7 Å². The first-order valence-corrected chi connectivity index (χ1v) is 7.63. The Kier molecular flexibility index (Phi) is 4.89. The Balaban J connectivity index is 1.81. The van der Waals surface area contributed by atoms with Crippen LogP contribution in [0.4, 0.5) is 0 Å². The number of aliphatic imine (C=N–C) groups is 1. The number of hydrogen-bond acceptors (Lipinski definition) is 2. The Labute approximate surface area is 118 Å². The van der Waals surface area contributed by atoms with E-state index in [0.29, 0.717) is 5.96 Å². The Morgan fingerprint density at radius 1 is 1.61 bits per heavy atom. The summed E-state index contributed by atoms with van der Waals surface area (Å²) in [6.45, 7) is 5.10. The molecule has 1 aliphatic heterocycles. The molecule has 1 aromatic heterocycles. The molecule has 5 heteroatoms. The highest BCUT2D eigenvalue weighted by Gasteiger charge is 2.17. The van der Waals surface area contributed by atoms with E-state index in [0.717, 1.165) is 36.3 Å². The van der Waals surface area contributed by atoms with Crippen molar-refractivity contribution in [3.63, 3.8) is 0 Å². The normalized spacial score (nSPS) is 21.3. The van der Waals surface area contributed by atoms with E-state index in [2.05, 4.69) is 22.9 Å². The summed E-state index contributed by atoms with van der Waals surface area (Å²) in [4.78, 5) is 7.94. The molecule has 0 aliphatic carbocycles.